The van der Waals surface area contributed by atoms with Gasteiger partial charge < -0.3 is 4.90 Å². The molecule has 1 fully saturated rings. The first-order chi connectivity index (χ1) is 17.1. The van der Waals surface area contributed by atoms with Crippen LogP contribution in [0.15, 0.2) is 66.7 Å². The lowest BCUT2D eigenvalue weighted by Crippen LogP contribution is -2.52. The minimum absolute atomic E-state index is 0.207. The zero-order valence-corrected chi connectivity index (χ0v) is 20.4. The predicted molar refractivity (Wildman–Crippen MR) is 138 cm³/mol. The van der Waals surface area contributed by atoms with Crippen molar-refractivity contribution in [2.24, 2.45) is 0 Å². The van der Waals surface area contributed by atoms with Gasteiger partial charge in [0.05, 0.1) is 23.4 Å². The fraction of sp³-hybridized carbons (Fsp3) is 0.310. The van der Waals surface area contributed by atoms with Crippen molar-refractivity contribution in [1.82, 2.24) is 9.80 Å². The highest BCUT2D eigenvalue weighted by Crippen LogP contribution is 2.34. The Morgan fingerprint density at radius 1 is 0.800 bits per heavy atom. The van der Waals surface area contributed by atoms with E-state index in [1.807, 2.05) is 24.3 Å². The number of nitrogens with zero attached hydrogens (tertiary/aromatic N) is 3. The molecular weight excluding hydrogens is 458 g/mol. The normalized spacial score (nSPS) is 20.2. The Morgan fingerprint density at radius 3 is 2.31 bits per heavy atom. The van der Waals surface area contributed by atoms with Crippen LogP contribution in [0.2, 0.25) is 5.02 Å². The molecule has 3 aromatic carbocycles. The first-order valence-corrected chi connectivity index (χ1v) is 12.8. The summed E-state index contributed by atoms with van der Waals surface area (Å²) in [7, 11) is 0. The summed E-state index contributed by atoms with van der Waals surface area (Å²) >= 11 is 5.99. The molecule has 5 nitrogen and oxygen atoms in total. The average molecular weight is 486 g/mol. The van der Waals surface area contributed by atoms with Gasteiger partial charge in [0.15, 0.2) is 0 Å². The fourth-order valence-electron chi connectivity index (χ4n) is 5.81. The van der Waals surface area contributed by atoms with E-state index in [2.05, 4.69) is 34.1 Å². The molecular formula is C29H28ClN3O2. The van der Waals surface area contributed by atoms with Crippen LogP contribution in [-0.4, -0.2) is 53.8 Å². The number of hydrogen-bond donors (Lipinski definition) is 0. The summed E-state index contributed by atoms with van der Waals surface area (Å²) in [5, 5.41) is 0.634. The lowest BCUT2D eigenvalue weighted by Gasteiger charge is -2.42. The largest absolute Gasteiger partial charge is 0.368 e. The van der Waals surface area contributed by atoms with E-state index in [1.165, 1.54) is 22.4 Å². The fourth-order valence-corrected chi connectivity index (χ4v) is 5.94. The number of amides is 2. The number of anilines is 1. The van der Waals surface area contributed by atoms with Crippen LogP contribution >= 0.6 is 11.6 Å². The van der Waals surface area contributed by atoms with Crippen LogP contribution in [0.5, 0.6) is 0 Å². The molecule has 2 amide bonds. The van der Waals surface area contributed by atoms with Crippen molar-refractivity contribution in [3.05, 3.63) is 99.6 Å². The summed E-state index contributed by atoms with van der Waals surface area (Å²) in [6.07, 6.45) is 3.46. The summed E-state index contributed by atoms with van der Waals surface area (Å²) in [6.45, 7) is 3.89. The molecule has 0 radical (unpaired) electrons. The van der Waals surface area contributed by atoms with E-state index < -0.39 is 0 Å². The third kappa shape index (κ3) is 4.13. The first-order valence-electron chi connectivity index (χ1n) is 12.4. The van der Waals surface area contributed by atoms with Gasteiger partial charge in [-0.1, -0.05) is 54.1 Å². The van der Waals surface area contributed by atoms with Gasteiger partial charge in [-0.25, -0.2) is 0 Å². The molecule has 6 heteroatoms. The number of hydrogen-bond acceptors (Lipinski definition) is 4. The van der Waals surface area contributed by atoms with E-state index in [0.29, 0.717) is 22.2 Å². The van der Waals surface area contributed by atoms with Crippen molar-refractivity contribution >= 4 is 29.1 Å². The SMILES string of the molecule is O=C1c2cccc(N3CCN(C4CCc5ccccc5C4)CC3)c2C(=O)N1Cc1ccc(Cl)cc1. The van der Waals surface area contributed by atoms with Crippen molar-refractivity contribution in [3.8, 4) is 0 Å². The standard InChI is InChI=1S/C29H28ClN3O2/c30-23-11-8-20(9-12-23)19-33-28(34)25-6-3-7-26(27(25)29(33)35)32-16-14-31(15-17-32)24-13-10-21-4-1-2-5-22(21)18-24/h1-9,11-12,24H,10,13-19H2. The monoisotopic (exact) mass is 485 g/mol. The number of halogens is 1. The third-order valence-corrected chi connectivity index (χ3v) is 7.98. The number of rotatable bonds is 4. The molecule has 3 aromatic rings. The maximum atomic E-state index is 13.4. The summed E-state index contributed by atoms with van der Waals surface area (Å²) in [5.41, 5.74) is 5.80. The van der Waals surface area contributed by atoms with Gasteiger partial charge in [-0.2, -0.15) is 0 Å². The number of fused-ring (bicyclic) bond motifs is 2. The Labute approximate surface area is 210 Å². The van der Waals surface area contributed by atoms with Gasteiger partial charge in [-0.15, -0.1) is 0 Å². The second-order valence-electron chi connectivity index (χ2n) is 9.71. The summed E-state index contributed by atoms with van der Waals surface area (Å²) in [5.74, 6) is -0.428. The Morgan fingerprint density at radius 2 is 1.54 bits per heavy atom. The van der Waals surface area contributed by atoms with Crippen LogP contribution < -0.4 is 4.90 Å². The van der Waals surface area contributed by atoms with Crippen LogP contribution in [-0.2, 0) is 19.4 Å². The van der Waals surface area contributed by atoms with Gasteiger partial charge in [-0.3, -0.25) is 19.4 Å². The number of imide groups is 1. The quantitative estimate of drug-likeness (QED) is 0.497. The zero-order chi connectivity index (χ0) is 23.9. The molecule has 6 rings (SSSR count). The van der Waals surface area contributed by atoms with Gasteiger partial charge in [0.2, 0.25) is 0 Å². The highest BCUT2D eigenvalue weighted by atomic mass is 35.5. The Bertz CT molecular complexity index is 1280. The van der Waals surface area contributed by atoms with E-state index in [0.717, 1.165) is 50.3 Å². The van der Waals surface area contributed by atoms with Gasteiger partial charge in [-0.05, 0) is 60.2 Å². The molecule has 1 aliphatic carbocycles. The van der Waals surface area contributed by atoms with Crippen LogP contribution in [0.1, 0.15) is 43.8 Å². The Balaban J connectivity index is 1.16. The van der Waals surface area contributed by atoms with Gasteiger partial charge >= 0.3 is 0 Å². The highest BCUT2D eigenvalue weighted by Gasteiger charge is 2.39. The molecule has 0 N–H and O–H groups in total. The zero-order valence-electron chi connectivity index (χ0n) is 19.6. The predicted octanol–water partition coefficient (Wildman–Crippen LogP) is 4.82. The van der Waals surface area contributed by atoms with Gasteiger partial charge in [0.1, 0.15) is 0 Å². The molecule has 2 heterocycles. The molecule has 1 unspecified atom stereocenters. The number of aryl methyl sites for hydroxylation is 1. The molecule has 0 bridgehead atoms. The van der Waals surface area contributed by atoms with E-state index in [-0.39, 0.29) is 18.4 Å². The van der Waals surface area contributed by atoms with E-state index in [4.69, 9.17) is 11.6 Å². The number of carbonyl (C=O) groups is 2. The van der Waals surface area contributed by atoms with Crippen molar-refractivity contribution in [1.29, 1.82) is 0 Å². The molecule has 1 atom stereocenters. The summed E-state index contributed by atoms with van der Waals surface area (Å²) < 4.78 is 0. The Hall–Kier alpha value is -3.15. The van der Waals surface area contributed by atoms with Crippen LogP contribution in [0.4, 0.5) is 5.69 Å². The molecule has 3 aliphatic rings. The topological polar surface area (TPSA) is 43.9 Å². The molecule has 35 heavy (non-hydrogen) atoms. The lowest BCUT2D eigenvalue weighted by atomic mass is 9.87. The van der Waals surface area contributed by atoms with Gasteiger partial charge in [0.25, 0.3) is 11.8 Å². The molecule has 1 saturated heterocycles. The molecule has 2 aliphatic heterocycles. The maximum absolute atomic E-state index is 13.4. The van der Waals surface area contributed by atoms with Crippen molar-refractivity contribution < 1.29 is 9.59 Å². The summed E-state index contributed by atoms with van der Waals surface area (Å²) in [4.78, 5) is 32.8. The number of carbonyl (C=O) groups excluding carboxylic acids is 2. The molecule has 178 valence electrons. The summed E-state index contributed by atoms with van der Waals surface area (Å²) in [6, 6.07) is 22.3. The van der Waals surface area contributed by atoms with E-state index in [1.54, 1.807) is 18.2 Å². The van der Waals surface area contributed by atoms with E-state index in [9.17, 15) is 9.59 Å². The highest BCUT2D eigenvalue weighted by molar-refractivity contribution is 6.30. The molecule has 0 spiro atoms. The van der Waals surface area contributed by atoms with Gasteiger partial charge in [0, 0.05) is 37.2 Å². The smallest absolute Gasteiger partial charge is 0.263 e. The number of piperazine rings is 1. The van der Waals surface area contributed by atoms with Crippen LogP contribution in [0.3, 0.4) is 0 Å². The van der Waals surface area contributed by atoms with Crippen LogP contribution in [0, 0.1) is 0 Å². The first kappa shape index (κ1) is 22.3. The molecule has 0 aromatic heterocycles. The van der Waals surface area contributed by atoms with E-state index >= 15 is 0 Å². The van der Waals surface area contributed by atoms with Crippen molar-refractivity contribution in [3.63, 3.8) is 0 Å². The van der Waals surface area contributed by atoms with Crippen molar-refractivity contribution in [2.45, 2.75) is 31.8 Å². The van der Waals surface area contributed by atoms with Crippen LogP contribution in [0.25, 0.3) is 0 Å². The average Bonchev–Trinajstić information content (AvgIpc) is 3.14. The van der Waals surface area contributed by atoms with Crippen molar-refractivity contribution in [2.75, 3.05) is 31.1 Å². The maximum Gasteiger partial charge on any atom is 0.263 e. The minimum atomic E-state index is -0.221. The Kier molecular flexibility index (Phi) is 5.83. The lowest BCUT2D eigenvalue weighted by molar-refractivity contribution is 0.0642. The second-order valence-corrected chi connectivity index (χ2v) is 10.1. The number of benzene rings is 3. The second kappa shape index (κ2) is 9.14. The minimum Gasteiger partial charge on any atom is -0.368 e. The third-order valence-electron chi connectivity index (χ3n) is 7.72. The molecule has 0 saturated carbocycles.